The lowest BCUT2D eigenvalue weighted by molar-refractivity contribution is 0.678. The average Bonchev–Trinajstić information content (AvgIpc) is 2.88. The first-order chi connectivity index (χ1) is 7.78. The quantitative estimate of drug-likeness (QED) is 0.890. The Balaban J connectivity index is 1.79. The number of hydrogen-bond acceptors (Lipinski definition) is 5. The molecule has 2 heterocycles. The van der Waals surface area contributed by atoms with Crippen LogP contribution in [0.15, 0.2) is 11.6 Å². The predicted molar refractivity (Wildman–Crippen MR) is 68.9 cm³/mol. The summed E-state index contributed by atoms with van der Waals surface area (Å²) < 4.78 is 0. The molecule has 2 aromatic heterocycles. The summed E-state index contributed by atoms with van der Waals surface area (Å²) in [5.41, 5.74) is 1.12. The van der Waals surface area contributed by atoms with Crippen molar-refractivity contribution < 1.29 is 0 Å². The van der Waals surface area contributed by atoms with Gasteiger partial charge in [0.25, 0.3) is 0 Å². The summed E-state index contributed by atoms with van der Waals surface area (Å²) in [6, 6.07) is 0. The second kappa shape index (κ2) is 5.52. The fourth-order valence-corrected chi connectivity index (χ4v) is 2.82. The Morgan fingerprint density at radius 2 is 2.25 bits per heavy atom. The van der Waals surface area contributed by atoms with Gasteiger partial charge in [-0.2, -0.15) is 0 Å². The molecule has 5 heteroatoms. The molecule has 0 radical (unpaired) electrons. The molecule has 2 aromatic rings. The zero-order valence-electron chi connectivity index (χ0n) is 9.49. The molecule has 0 aliphatic carbocycles. The fraction of sp³-hybridized carbons (Fsp3) is 0.455. The van der Waals surface area contributed by atoms with E-state index in [0.29, 0.717) is 0 Å². The van der Waals surface area contributed by atoms with E-state index in [2.05, 4.69) is 27.6 Å². The van der Waals surface area contributed by atoms with E-state index in [1.54, 1.807) is 22.7 Å². The van der Waals surface area contributed by atoms with E-state index >= 15 is 0 Å². The smallest absolute Gasteiger partial charge is 0.107 e. The number of hydrogen-bond donors (Lipinski definition) is 1. The first kappa shape index (κ1) is 11.7. The minimum Gasteiger partial charge on any atom is -0.305 e. The van der Waals surface area contributed by atoms with Gasteiger partial charge in [0, 0.05) is 29.5 Å². The Morgan fingerprint density at radius 1 is 1.38 bits per heavy atom. The van der Waals surface area contributed by atoms with Crippen LogP contribution >= 0.6 is 22.7 Å². The van der Waals surface area contributed by atoms with Gasteiger partial charge in [-0.1, -0.05) is 6.92 Å². The van der Waals surface area contributed by atoms with E-state index in [1.165, 1.54) is 4.88 Å². The van der Waals surface area contributed by atoms with E-state index in [1.807, 2.05) is 13.1 Å². The molecule has 86 valence electrons. The number of rotatable bonds is 5. The summed E-state index contributed by atoms with van der Waals surface area (Å²) >= 11 is 3.48. The number of aromatic nitrogens is 2. The summed E-state index contributed by atoms with van der Waals surface area (Å²) in [6.45, 7) is 5.85. The second-order valence-electron chi connectivity index (χ2n) is 3.54. The van der Waals surface area contributed by atoms with Gasteiger partial charge in [0.1, 0.15) is 5.01 Å². The molecule has 0 fully saturated rings. The zero-order chi connectivity index (χ0) is 11.4. The van der Waals surface area contributed by atoms with E-state index in [9.17, 15) is 0 Å². The van der Waals surface area contributed by atoms with Gasteiger partial charge < -0.3 is 5.32 Å². The van der Waals surface area contributed by atoms with Gasteiger partial charge in [0.15, 0.2) is 0 Å². The van der Waals surface area contributed by atoms with Crippen molar-refractivity contribution in [2.24, 2.45) is 0 Å². The Bertz CT molecular complexity index is 448. The van der Waals surface area contributed by atoms with Crippen LogP contribution in [0.3, 0.4) is 0 Å². The van der Waals surface area contributed by atoms with Crippen LogP contribution in [0.2, 0.25) is 0 Å². The lowest BCUT2D eigenvalue weighted by Crippen LogP contribution is -2.12. The van der Waals surface area contributed by atoms with Crippen LogP contribution in [0.5, 0.6) is 0 Å². The standard InChI is InChI=1S/C11H15N3S2/c1-3-10-5-13-11(16-10)6-12-4-9-7-15-8(2)14-9/h5,7,12H,3-4,6H2,1-2H3. The average molecular weight is 253 g/mol. The molecule has 1 N–H and O–H groups in total. The topological polar surface area (TPSA) is 37.8 Å². The van der Waals surface area contributed by atoms with E-state index < -0.39 is 0 Å². The largest absolute Gasteiger partial charge is 0.305 e. The van der Waals surface area contributed by atoms with Gasteiger partial charge in [-0.15, -0.1) is 22.7 Å². The molecule has 0 spiro atoms. The Morgan fingerprint density at radius 3 is 2.88 bits per heavy atom. The monoisotopic (exact) mass is 253 g/mol. The van der Waals surface area contributed by atoms with Crippen LogP contribution < -0.4 is 5.32 Å². The van der Waals surface area contributed by atoms with Gasteiger partial charge in [0.05, 0.1) is 10.7 Å². The van der Waals surface area contributed by atoms with Crippen molar-refractivity contribution in [3.8, 4) is 0 Å². The SMILES string of the molecule is CCc1cnc(CNCc2csc(C)n2)s1. The predicted octanol–water partition coefficient (Wildman–Crippen LogP) is 2.76. The first-order valence-corrected chi connectivity index (χ1v) is 7.03. The third-order valence-electron chi connectivity index (χ3n) is 2.20. The molecule has 0 aliphatic rings. The third-order valence-corrected chi connectivity index (χ3v) is 4.16. The highest BCUT2D eigenvalue weighted by Gasteiger charge is 2.01. The minimum absolute atomic E-state index is 0.825. The normalized spacial score (nSPS) is 10.9. The van der Waals surface area contributed by atoms with Gasteiger partial charge in [-0.25, -0.2) is 9.97 Å². The van der Waals surface area contributed by atoms with Gasteiger partial charge >= 0.3 is 0 Å². The number of aryl methyl sites for hydroxylation is 2. The number of nitrogens with one attached hydrogen (secondary N) is 1. The van der Waals surface area contributed by atoms with E-state index in [4.69, 9.17) is 0 Å². The molecule has 0 bridgehead atoms. The second-order valence-corrected chi connectivity index (χ2v) is 5.80. The number of thiazole rings is 2. The maximum atomic E-state index is 4.40. The molecular weight excluding hydrogens is 238 g/mol. The lowest BCUT2D eigenvalue weighted by Gasteiger charge is -1.98. The van der Waals surface area contributed by atoms with E-state index in [-0.39, 0.29) is 0 Å². The molecule has 0 unspecified atom stereocenters. The fourth-order valence-electron chi connectivity index (χ4n) is 1.38. The Labute approximate surface area is 104 Å². The van der Waals surface area contributed by atoms with Crippen LogP contribution in [-0.2, 0) is 19.5 Å². The maximum Gasteiger partial charge on any atom is 0.107 e. The molecule has 0 saturated heterocycles. The van der Waals surface area contributed by atoms with Crippen LogP contribution in [-0.4, -0.2) is 9.97 Å². The highest BCUT2D eigenvalue weighted by Crippen LogP contribution is 2.13. The van der Waals surface area contributed by atoms with Crippen LogP contribution in [0.4, 0.5) is 0 Å². The molecule has 0 amide bonds. The van der Waals surface area contributed by atoms with Gasteiger partial charge in [-0.05, 0) is 13.3 Å². The lowest BCUT2D eigenvalue weighted by atomic mass is 10.4. The van der Waals surface area contributed by atoms with Gasteiger partial charge in [0.2, 0.25) is 0 Å². The van der Waals surface area contributed by atoms with Crippen molar-refractivity contribution in [1.29, 1.82) is 0 Å². The van der Waals surface area contributed by atoms with Crippen LogP contribution in [0, 0.1) is 6.92 Å². The highest BCUT2D eigenvalue weighted by molar-refractivity contribution is 7.11. The van der Waals surface area contributed by atoms with Crippen molar-refractivity contribution in [3.63, 3.8) is 0 Å². The summed E-state index contributed by atoms with van der Waals surface area (Å²) in [6.07, 6.45) is 3.04. The summed E-state index contributed by atoms with van der Waals surface area (Å²) in [5.74, 6) is 0. The van der Waals surface area contributed by atoms with Crippen molar-refractivity contribution >= 4 is 22.7 Å². The maximum absolute atomic E-state index is 4.40. The van der Waals surface area contributed by atoms with Crippen LogP contribution in [0.1, 0.15) is 27.5 Å². The molecule has 0 aromatic carbocycles. The molecular formula is C11H15N3S2. The molecule has 2 rings (SSSR count). The first-order valence-electron chi connectivity index (χ1n) is 5.33. The van der Waals surface area contributed by atoms with Crippen molar-refractivity contribution in [3.05, 3.63) is 32.2 Å². The Hall–Kier alpha value is -0.780. The molecule has 0 saturated carbocycles. The van der Waals surface area contributed by atoms with Crippen LogP contribution in [0.25, 0.3) is 0 Å². The summed E-state index contributed by atoms with van der Waals surface area (Å²) in [5, 5.41) is 7.74. The highest BCUT2D eigenvalue weighted by atomic mass is 32.1. The molecule has 16 heavy (non-hydrogen) atoms. The van der Waals surface area contributed by atoms with Crippen molar-refractivity contribution in [2.45, 2.75) is 33.4 Å². The molecule has 3 nitrogen and oxygen atoms in total. The summed E-state index contributed by atoms with van der Waals surface area (Å²) in [4.78, 5) is 10.1. The summed E-state index contributed by atoms with van der Waals surface area (Å²) in [7, 11) is 0. The van der Waals surface area contributed by atoms with Gasteiger partial charge in [-0.3, -0.25) is 0 Å². The third kappa shape index (κ3) is 3.10. The number of nitrogens with zero attached hydrogens (tertiary/aromatic N) is 2. The van der Waals surface area contributed by atoms with E-state index in [0.717, 1.165) is 35.2 Å². The van der Waals surface area contributed by atoms with Crippen molar-refractivity contribution in [2.75, 3.05) is 0 Å². The molecule has 0 atom stereocenters. The molecule has 0 aliphatic heterocycles. The minimum atomic E-state index is 0.825. The Kier molecular flexibility index (Phi) is 4.04. The van der Waals surface area contributed by atoms with Crippen molar-refractivity contribution in [1.82, 2.24) is 15.3 Å². The zero-order valence-corrected chi connectivity index (χ0v) is 11.1.